The van der Waals surface area contributed by atoms with E-state index >= 15 is 0 Å². The second kappa shape index (κ2) is 7.53. The molecule has 5 heteroatoms. The lowest BCUT2D eigenvalue weighted by Crippen LogP contribution is -2.53. The molecule has 27 heavy (non-hydrogen) atoms. The van der Waals surface area contributed by atoms with Gasteiger partial charge in [0.2, 0.25) is 5.91 Å². The highest BCUT2D eigenvalue weighted by molar-refractivity contribution is 5.80. The van der Waals surface area contributed by atoms with Gasteiger partial charge in [0.15, 0.2) is 0 Å². The fraction of sp³-hybridized carbons (Fsp3) is 0.364. The normalized spacial score (nSPS) is 18.3. The zero-order valence-corrected chi connectivity index (χ0v) is 15.9. The number of benzene rings is 2. The molecular formula is C22H26N4O. The van der Waals surface area contributed by atoms with Gasteiger partial charge in [-0.05, 0) is 31.5 Å². The fourth-order valence-corrected chi connectivity index (χ4v) is 3.81. The van der Waals surface area contributed by atoms with Crippen LogP contribution in [-0.4, -0.2) is 51.4 Å². The third-order valence-corrected chi connectivity index (χ3v) is 5.38. The molecule has 4 rings (SSSR count). The van der Waals surface area contributed by atoms with E-state index in [1.807, 2.05) is 59.5 Å². The Morgan fingerprint density at radius 3 is 2.59 bits per heavy atom. The highest BCUT2D eigenvalue weighted by Crippen LogP contribution is 2.27. The molecule has 0 spiro atoms. The average molecular weight is 362 g/mol. The summed E-state index contributed by atoms with van der Waals surface area (Å²) >= 11 is 0. The van der Waals surface area contributed by atoms with E-state index in [1.165, 1.54) is 0 Å². The lowest BCUT2D eigenvalue weighted by Gasteiger charge is -2.42. The molecule has 2 heterocycles. The quantitative estimate of drug-likeness (QED) is 0.774. The van der Waals surface area contributed by atoms with Crippen molar-refractivity contribution in [1.29, 1.82) is 0 Å². The molecule has 0 aliphatic carbocycles. The van der Waals surface area contributed by atoms with Gasteiger partial charge in [-0.25, -0.2) is 4.98 Å². The number of piperazine rings is 1. The Balaban J connectivity index is 1.63. The third kappa shape index (κ3) is 3.74. The largest absolute Gasteiger partial charge is 0.340 e. The first-order chi connectivity index (χ1) is 13.1. The number of amides is 1. The third-order valence-electron chi connectivity index (χ3n) is 5.38. The second-order valence-corrected chi connectivity index (χ2v) is 7.49. The smallest absolute Gasteiger partial charge is 0.227 e. The number of aromatic nitrogens is 2. The van der Waals surface area contributed by atoms with Gasteiger partial charge < -0.3 is 9.88 Å². The fourth-order valence-electron chi connectivity index (χ4n) is 3.81. The molecule has 1 aromatic heterocycles. The molecule has 140 valence electrons. The SMILES string of the molecule is CC(C)N1CCN(C(=O)Cc2ccccc2)C(c2nc3ccccc3[nH]2)C1. The van der Waals surface area contributed by atoms with E-state index < -0.39 is 0 Å². The highest BCUT2D eigenvalue weighted by Gasteiger charge is 2.34. The Labute approximate surface area is 160 Å². The Hall–Kier alpha value is -2.66. The summed E-state index contributed by atoms with van der Waals surface area (Å²) in [5.74, 6) is 1.04. The number of nitrogens with zero attached hydrogens (tertiary/aromatic N) is 3. The van der Waals surface area contributed by atoms with Crippen molar-refractivity contribution in [2.75, 3.05) is 19.6 Å². The van der Waals surface area contributed by atoms with E-state index in [0.29, 0.717) is 12.5 Å². The first-order valence-corrected chi connectivity index (χ1v) is 9.64. The lowest BCUT2D eigenvalue weighted by atomic mass is 10.1. The summed E-state index contributed by atoms with van der Waals surface area (Å²) in [4.78, 5) is 25.8. The maximum absolute atomic E-state index is 13.1. The molecule has 1 aliphatic rings. The van der Waals surface area contributed by atoms with Crippen molar-refractivity contribution in [2.45, 2.75) is 32.4 Å². The van der Waals surface area contributed by atoms with E-state index in [0.717, 1.165) is 42.1 Å². The maximum atomic E-state index is 13.1. The maximum Gasteiger partial charge on any atom is 0.227 e. The van der Waals surface area contributed by atoms with Crippen molar-refractivity contribution in [3.8, 4) is 0 Å². The van der Waals surface area contributed by atoms with Crippen LogP contribution in [0.15, 0.2) is 54.6 Å². The Morgan fingerprint density at radius 1 is 1.11 bits per heavy atom. The van der Waals surface area contributed by atoms with Crippen molar-refractivity contribution >= 4 is 16.9 Å². The van der Waals surface area contributed by atoms with Crippen LogP contribution in [0.25, 0.3) is 11.0 Å². The molecule has 2 aromatic carbocycles. The molecular weight excluding hydrogens is 336 g/mol. The van der Waals surface area contributed by atoms with Crippen molar-refractivity contribution < 1.29 is 4.79 Å². The molecule has 1 unspecified atom stereocenters. The number of para-hydroxylation sites is 2. The van der Waals surface area contributed by atoms with Crippen LogP contribution in [0, 0.1) is 0 Å². The lowest BCUT2D eigenvalue weighted by molar-refractivity contribution is -0.136. The van der Waals surface area contributed by atoms with Gasteiger partial charge in [0, 0.05) is 25.7 Å². The standard InChI is InChI=1S/C22H26N4O/c1-16(2)25-12-13-26(21(27)14-17-8-4-3-5-9-17)20(15-25)22-23-18-10-6-7-11-19(18)24-22/h3-11,16,20H,12-15H2,1-2H3,(H,23,24). The van der Waals surface area contributed by atoms with E-state index in [1.54, 1.807) is 0 Å². The van der Waals surface area contributed by atoms with Gasteiger partial charge in [-0.2, -0.15) is 0 Å². The van der Waals surface area contributed by atoms with Gasteiger partial charge in [0.1, 0.15) is 11.9 Å². The van der Waals surface area contributed by atoms with E-state index in [2.05, 4.69) is 23.7 Å². The summed E-state index contributed by atoms with van der Waals surface area (Å²) in [5.41, 5.74) is 3.02. The van der Waals surface area contributed by atoms with Crippen LogP contribution in [0.2, 0.25) is 0 Å². The molecule has 1 N–H and O–H groups in total. The first-order valence-electron chi connectivity index (χ1n) is 9.64. The minimum atomic E-state index is -0.0511. The van der Waals surface area contributed by atoms with Crippen molar-refractivity contribution in [1.82, 2.24) is 19.8 Å². The average Bonchev–Trinajstić information content (AvgIpc) is 3.12. The molecule has 1 amide bonds. The minimum Gasteiger partial charge on any atom is -0.340 e. The number of nitrogens with one attached hydrogen (secondary N) is 1. The Morgan fingerprint density at radius 2 is 1.85 bits per heavy atom. The molecule has 1 aliphatic heterocycles. The van der Waals surface area contributed by atoms with Crippen molar-refractivity contribution in [3.63, 3.8) is 0 Å². The molecule has 3 aromatic rings. The van der Waals surface area contributed by atoms with Crippen LogP contribution in [0.5, 0.6) is 0 Å². The van der Waals surface area contributed by atoms with Crippen LogP contribution >= 0.6 is 0 Å². The summed E-state index contributed by atoms with van der Waals surface area (Å²) < 4.78 is 0. The van der Waals surface area contributed by atoms with E-state index in [4.69, 9.17) is 4.98 Å². The highest BCUT2D eigenvalue weighted by atomic mass is 16.2. The zero-order valence-electron chi connectivity index (χ0n) is 15.9. The molecule has 0 radical (unpaired) electrons. The molecule has 5 nitrogen and oxygen atoms in total. The number of aromatic amines is 1. The van der Waals surface area contributed by atoms with Crippen LogP contribution < -0.4 is 0 Å². The molecule has 0 bridgehead atoms. The Bertz CT molecular complexity index is 885. The van der Waals surface area contributed by atoms with Crippen LogP contribution in [0.1, 0.15) is 31.3 Å². The molecule has 1 saturated heterocycles. The Kier molecular flexibility index (Phi) is 4.94. The number of imidazole rings is 1. The number of fused-ring (bicyclic) bond motifs is 1. The van der Waals surface area contributed by atoms with Crippen LogP contribution in [0.3, 0.4) is 0 Å². The molecule has 1 atom stereocenters. The number of hydrogen-bond acceptors (Lipinski definition) is 3. The number of rotatable bonds is 4. The van der Waals surface area contributed by atoms with Crippen molar-refractivity contribution in [2.24, 2.45) is 0 Å². The zero-order chi connectivity index (χ0) is 18.8. The van der Waals surface area contributed by atoms with E-state index in [9.17, 15) is 4.79 Å². The van der Waals surface area contributed by atoms with Crippen molar-refractivity contribution in [3.05, 3.63) is 66.0 Å². The topological polar surface area (TPSA) is 52.2 Å². The van der Waals surface area contributed by atoms with Crippen LogP contribution in [0.4, 0.5) is 0 Å². The summed E-state index contributed by atoms with van der Waals surface area (Å²) in [6, 6.07) is 18.4. The predicted octanol–water partition coefficient (Wildman–Crippen LogP) is 3.40. The first kappa shape index (κ1) is 17.7. The molecule has 0 saturated carbocycles. The summed E-state index contributed by atoms with van der Waals surface area (Å²) in [5, 5.41) is 0. The van der Waals surface area contributed by atoms with Gasteiger partial charge in [-0.3, -0.25) is 9.69 Å². The summed E-state index contributed by atoms with van der Waals surface area (Å²) in [6.07, 6.45) is 0.430. The monoisotopic (exact) mass is 362 g/mol. The predicted molar refractivity (Wildman–Crippen MR) is 107 cm³/mol. The molecule has 1 fully saturated rings. The summed E-state index contributed by atoms with van der Waals surface area (Å²) in [7, 11) is 0. The van der Waals surface area contributed by atoms with Gasteiger partial charge >= 0.3 is 0 Å². The second-order valence-electron chi connectivity index (χ2n) is 7.49. The summed E-state index contributed by atoms with van der Waals surface area (Å²) in [6.45, 7) is 6.84. The number of H-pyrrole nitrogens is 1. The van der Waals surface area contributed by atoms with E-state index in [-0.39, 0.29) is 11.9 Å². The van der Waals surface area contributed by atoms with Crippen LogP contribution in [-0.2, 0) is 11.2 Å². The number of carbonyl (C=O) groups excluding carboxylic acids is 1. The number of carbonyl (C=O) groups is 1. The number of hydrogen-bond donors (Lipinski definition) is 1. The minimum absolute atomic E-state index is 0.0511. The van der Waals surface area contributed by atoms with Gasteiger partial charge in [-0.1, -0.05) is 42.5 Å². The van der Waals surface area contributed by atoms with Gasteiger partial charge in [0.05, 0.1) is 17.5 Å². The van der Waals surface area contributed by atoms with Gasteiger partial charge in [0.25, 0.3) is 0 Å². The van der Waals surface area contributed by atoms with Gasteiger partial charge in [-0.15, -0.1) is 0 Å².